The number of aliphatic hydroxyl groups is 1. The van der Waals surface area contributed by atoms with Crippen LogP contribution in [-0.4, -0.2) is 32.0 Å². The highest BCUT2D eigenvalue weighted by Gasteiger charge is 2.24. The second-order valence-electron chi connectivity index (χ2n) is 6.20. The molecule has 1 aliphatic carbocycles. The molecule has 6 nitrogen and oxygen atoms in total. The van der Waals surface area contributed by atoms with Crippen LogP contribution in [0.2, 0.25) is 0 Å². The van der Waals surface area contributed by atoms with Gasteiger partial charge in [-0.15, -0.1) is 0 Å². The van der Waals surface area contributed by atoms with Crippen molar-refractivity contribution in [1.82, 2.24) is 10.0 Å². The van der Waals surface area contributed by atoms with Crippen molar-refractivity contribution < 1.29 is 22.7 Å². The number of nitrogens with one attached hydrogen (secondary N) is 2. The van der Waals surface area contributed by atoms with E-state index >= 15 is 0 Å². The Morgan fingerprint density at radius 1 is 1.19 bits per heavy atom. The lowest BCUT2D eigenvalue weighted by molar-refractivity contribution is 0.0951. The molecule has 1 aliphatic rings. The quantitative estimate of drug-likeness (QED) is 0.684. The van der Waals surface area contributed by atoms with Crippen molar-refractivity contribution in [3.63, 3.8) is 0 Å². The molecule has 3 N–H and O–H groups in total. The molecule has 2 aromatic carbocycles. The van der Waals surface area contributed by atoms with Crippen molar-refractivity contribution in [2.45, 2.75) is 29.9 Å². The van der Waals surface area contributed by atoms with E-state index in [1.54, 1.807) is 6.07 Å². The van der Waals surface area contributed by atoms with Crippen molar-refractivity contribution in [2.24, 2.45) is 0 Å². The number of amides is 1. The van der Waals surface area contributed by atoms with Crippen molar-refractivity contribution in [1.29, 1.82) is 0 Å². The van der Waals surface area contributed by atoms with Gasteiger partial charge in [0.15, 0.2) is 0 Å². The van der Waals surface area contributed by atoms with Gasteiger partial charge in [0.2, 0.25) is 10.0 Å². The SMILES string of the molecule is O=C(NC1CC1)c1cccc(S(=O)(=O)NCC(O)c2cccc(F)c2)c1. The molecule has 1 atom stereocenters. The van der Waals surface area contributed by atoms with E-state index in [2.05, 4.69) is 10.0 Å². The molecular formula is C18H19FN2O4S. The van der Waals surface area contributed by atoms with Crippen LogP contribution < -0.4 is 10.0 Å². The first-order valence-corrected chi connectivity index (χ1v) is 9.67. The molecule has 0 aliphatic heterocycles. The zero-order chi connectivity index (χ0) is 18.7. The minimum absolute atomic E-state index is 0.0765. The molecule has 1 fully saturated rings. The Morgan fingerprint density at radius 3 is 2.62 bits per heavy atom. The minimum atomic E-state index is -3.93. The summed E-state index contributed by atoms with van der Waals surface area (Å²) in [5.74, 6) is -0.830. The number of benzene rings is 2. The van der Waals surface area contributed by atoms with E-state index in [4.69, 9.17) is 0 Å². The number of carbonyl (C=O) groups is 1. The molecule has 0 spiro atoms. The molecule has 0 radical (unpaired) electrons. The van der Waals surface area contributed by atoms with Crippen molar-refractivity contribution in [3.8, 4) is 0 Å². The number of carbonyl (C=O) groups excluding carboxylic acids is 1. The fourth-order valence-electron chi connectivity index (χ4n) is 2.40. The Labute approximate surface area is 151 Å². The summed E-state index contributed by atoms with van der Waals surface area (Å²) in [5.41, 5.74) is 0.524. The zero-order valence-electron chi connectivity index (χ0n) is 13.9. The van der Waals surface area contributed by atoms with E-state index < -0.39 is 21.9 Å². The molecule has 0 aromatic heterocycles. The summed E-state index contributed by atoms with van der Waals surface area (Å²) in [7, 11) is -3.93. The van der Waals surface area contributed by atoms with Gasteiger partial charge in [-0.3, -0.25) is 4.79 Å². The van der Waals surface area contributed by atoms with Crippen LogP contribution in [0, 0.1) is 5.82 Å². The lowest BCUT2D eigenvalue weighted by Gasteiger charge is -2.13. The van der Waals surface area contributed by atoms with Gasteiger partial charge in [0.05, 0.1) is 11.0 Å². The standard InChI is InChI=1S/C18H19FN2O4S/c19-14-5-1-3-12(9-14)17(22)11-20-26(24,25)16-6-2-4-13(10-16)18(23)21-15-7-8-15/h1-6,9-10,15,17,20,22H,7-8,11H2,(H,21,23). The molecule has 3 rings (SSSR count). The third-order valence-electron chi connectivity index (χ3n) is 4.02. The summed E-state index contributed by atoms with van der Waals surface area (Å²) in [6.45, 7) is -0.315. The number of sulfonamides is 1. The summed E-state index contributed by atoms with van der Waals surface area (Å²) >= 11 is 0. The number of hydrogen-bond acceptors (Lipinski definition) is 4. The second-order valence-corrected chi connectivity index (χ2v) is 7.97. The van der Waals surface area contributed by atoms with Gasteiger partial charge in [-0.2, -0.15) is 0 Å². The maximum Gasteiger partial charge on any atom is 0.251 e. The average Bonchev–Trinajstić information content (AvgIpc) is 3.44. The highest BCUT2D eigenvalue weighted by atomic mass is 32.2. The van der Waals surface area contributed by atoms with Crippen molar-refractivity contribution in [3.05, 3.63) is 65.5 Å². The molecule has 2 aromatic rings. The normalized spacial score (nSPS) is 15.5. The summed E-state index contributed by atoms with van der Waals surface area (Å²) in [6.07, 6.45) is 0.675. The minimum Gasteiger partial charge on any atom is -0.387 e. The van der Waals surface area contributed by atoms with Gasteiger partial charge in [-0.25, -0.2) is 17.5 Å². The van der Waals surface area contributed by atoms with Gasteiger partial charge >= 0.3 is 0 Å². The first-order chi connectivity index (χ1) is 12.3. The highest BCUT2D eigenvalue weighted by molar-refractivity contribution is 7.89. The van der Waals surface area contributed by atoms with Crippen LogP contribution >= 0.6 is 0 Å². The Hall–Kier alpha value is -2.29. The fraction of sp³-hybridized carbons (Fsp3) is 0.278. The van der Waals surface area contributed by atoms with Gasteiger partial charge in [0, 0.05) is 18.2 Å². The van der Waals surface area contributed by atoms with Crippen LogP contribution in [0.1, 0.15) is 34.9 Å². The summed E-state index contributed by atoms with van der Waals surface area (Å²) < 4.78 is 40.3. The molecule has 138 valence electrons. The van der Waals surface area contributed by atoms with Crippen LogP contribution in [0.4, 0.5) is 4.39 Å². The van der Waals surface area contributed by atoms with Crippen LogP contribution in [0.25, 0.3) is 0 Å². The zero-order valence-corrected chi connectivity index (χ0v) is 14.7. The van der Waals surface area contributed by atoms with Gasteiger partial charge in [0.1, 0.15) is 5.82 Å². The fourth-order valence-corrected chi connectivity index (χ4v) is 3.49. The van der Waals surface area contributed by atoms with Gasteiger partial charge < -0.3 is 10.4 Å². The van der Waals surface area contributed by atoms with E-state index in [1.807, 2.05) is 0 Å². The third-order valence-corrected chi connectivity index (χ3v) is 5.44. The Morgan fingerprint density at radius 2 is 1.92 bits per heavy atom. The second kappa shape index (κ2) is 7.53. The summed E-state index contributed by atoms with van der Waals surface area (Å²) in [6, 6.07) is 11.2. The predicted molar refractivity (Wildman–Crippen MR) is 93.5 cm³/mol. The molecule has 1 unspecified atom stereocenters. The van der Waals surface area contributed by atoms with E-state index in [9.17, 15) is 22.7 Å². The van der Waals surface area contributed by atoms with Crippen LogP contribution in [0.5, 0.6) is 0 Å². The number of hydrogen-bond donors (Lipinski definition) is 3. The first-order valence-electron chi connectivity index (χ1n) is 8.19. The predicted octanol–water partition coefficient (Wildman–Crippen LogP) is 1.73. The van der Waals surface area contributed by atoms with Crippen LogP contribution in [0.3, 0.4) is 0 Å². The van der Waals surface area contributed by atoms with Crippen molar-refractivity contribution >= 4 is 15.9 Å². The smallest absolute Gasteiger partial charge is 0.251 e. The van der Waals surface area contributed by atoms with E-state index in [1.165, 1.54) is 36.4 Å². The van der Waals surface area contributed by atoms with Crippen LogP contribution in [0.15, 0.2) is 53.4 Å². The topological polar surface area (TPSA) is 95.5 Å². The number of rotatable bonds is 7. The molecular weight excluding hydrogens is 359 g/mol. The molecule has 0 heterocycles. The highest BCUT2D eigenvalue weighted by Crippen LogP contribution is 2.20. The maximum absolute atomic E-state index is 13.2. The summed E-state index contributed by atoms with van der Waals surface area (Å²) in [5, 5.41) is 12.8. The Bertz CT molecular complexity index is 913. The number of halogens is 1. The third kappa shape index (κ3) is 4.66. The molecule has 8 heteroatoms. The van der Waals surface area contributed by atoms with E-state index in [0.29, 0.717) is 0 Å². The molecule has 26 heavy (non-hydrogen) atoms. The molecule has 1 saturated carbocycles. The van der Waals surface area contributed by atoms with Crippen molar-refractivity contribution in [2.75, 3.05) is 6.54 Å². The Kier molecular flexibility index (Phi) is 5.36. The lowest BCUT2D eigenvalue weighted by Crippen LogP contribution is -2.29. The van der Waals surface area contributed by atoms with E-state index in [0.717, 1.165) is 18.9 Å². The first kappa shape index (κ1) is 18.5. The largest absolute Gasteiger partial charge is 0.387 e. The Balaban J connectivity index is 1.68. The number of aliphatic hydroxyl groups excluding tert-OH is 1. The van der Waals surface area contributed by atoms with Gasteiger partial charge in [-0.05, 0) is 48.7 Å². The summed E-state index contributed by atoms with van der Waals surface area (Å²) in [4.78, 5) is 12.0. The monoisotopic (exact) mass is 378 g/mol. The maximum atomic E-state index is 13.2. The molecule has 0 saturated heterocycles. The lowest BCUT2D eigenvalue weighted by atomic mass is 10.1. The van der Waals surface area contributed by atoms with Gasteiger partial charge in [0.25, 0.3) is 5.91 Å². The van der Waals surface area contributed by atoms with E-state index in [-0.39, 0.29) is 34.5 Å². The molecule has 0 bridgehead atoms. The average molecular weight is 378 g/mol. The molecule has 1 amide bonds. The van der Waals surface area contributed by atoms with Gasteiger partial charge in [-0.1, -0.05) is 18.2 Å². The van der Waals surface area contributed by atoms with Crippen LogP contribution in [-0.2, 0) is 10.0 Å².